The summed E-state index contributed by atoms with van der Waals surface area (Å²) in [5.41, 5.74) is 2.19. The predicted octanol–water partition coefficient (Wildman–Crippen LogP) is 2.25. The Bertz CT molecular complexity index is 904. The van der Waals surface area contributed by atoms with Crippen molar-refractivity contribution in [2.45, 2.75) is 25.4 Å². The first-order valence-corrected chi connectivity index (χ1v) is 8.83. The van der Waals surface area contributed by atoms with Crippen molar-refractivity contribution in [3.63, 3.8) is 0 Å². The van der Waals surface area contributed by atoms with Crippen LogP contribution in [0.15, 0.2) is 55.4 Å². The molecule has 1 amide bonds. The Kier molecular flexibility index (Phi) is 5.06. The van der Waals surface area contributed by atoms with E-state index in [9.17, 15) is 4.79 Å². The summed E-state index contributed by atoms with van der Waals surface area (Å²) in [4.78, 5) is 35.9. The van der Waals surface area contributed by atoms with Gasteiger partial charge in [0, 0.05) is 37.5 Å². The van der Waals surface area contributed by atoms with Crippen molar-refractivity contribution in [1.29, 1.82) is 0 Å². The van der Waals surface area contributed by atoms with E-state index in [0.717, 1.165) is 37.3 Å². The van der Waals surface area contributed by atoms with Crippen LogP contribution in [0.5, 0.6) is 0 Å². The Labute approximate surface area is 156 Å². The van der Waals surface area contributed by atoms with Crippen LogP contribution in [-0.4, -0.2) is 42.3 Å². The van der Waals surface area contributed by atoms with E-state index in [1.807, 2.05) is 12.1 Å². The third-order valence-corrected chi connectivity index (χ3v) is 4.49. The van der Waals surface area contributed by atoms with Gasteiger partial charge in [0.2, 0.25) is 0 Å². The first kappa shape index (κ1) is 17.2. The van der Waals surface area contributed by atoms with E-state index in [4.69, 9.17) is 0 Å². The lowest BCUT2D eigenvalue weighted by Crippen LogP contribution is -2.25. The number of likely N-dealkylation sites (tertiary alicyclic amines) is 1. The maximum atomic E-state index is 12.5. The van der Waals surface area contributed by atoms with Gasteiger partial charge in [-0.05, 0) is 31.5 Å². The number of hydrogen-bond donors (Lipinski definition) is 1. The van der Waals surface area contributed by atoms with Crippen molar-refractivity contribution >= 4 is 11.7 Å². The van der Waals surface area contributed by atoms with Crippen molar-refractivity contribution < 1.29 is 4.79 Å². The quantitative estimate of drug-likeness (QED) is 0.744. The normalized spacial score (nSPS) is 17.0. The zero-order chi connectivity index (χ0) is 18.5. The first-order chi connectivity index (χ1) is 13.3. The van der Waals surface area contributed by atoms with Crippen LogP contribution >= 0.6 is 0 Å². The molecule has 1 aliphatic heterocycles. The monoisotopic (exact) mass is 361 g/mol. The molecule has 4 rings (SSSR count). The number of nitrogens with zero attached hydrogens (tertiary/aromatic N) is 6. The van der Waals surface area contributed by atoms with Crippen molar-refractivity contribution in [2.75, 3.05) is 11.9 Å². The molecular formula is C19H19N7O. The highest BCUT2D eigenvalue weighted by Gasteiger charge is 2.28. The lowest BCUT2D eigenvalue weighted by atomic mass is 10.1. The van der Waals surface area contributed by atoms with Crippen LogP contribution in [-0.2, 0) is 6.54 Å². The Morgan fingerprint density at radius 2 is 1.96 bits per heavy atom. The summed E-state index contributed by atoms with van der Waals surface area (Å²) in [5, 5.41) is 2.72. The van der Waals surface area contributed by atoms with Crippen LogP contribution < -0.4 is 5.32 Å². The van der Waals surface area contributed by atoms with Crippen LogP contribution in [0.25, 0.3) is 0 Å². The van der Waals surface area contributed by atoms with E-state index in [2.05, 4.69) is 35.1 Å². The summed E-state index contributed by atoms with van der Waals surface area (Å²) < 4.78 is 0. The molecule has 0 aromatic carbocycles. The molecule has 0 radical (unpaired) electrons. The van der Waals surface area contributed by atoms with Gasteiger partial charge in [-0.2, -0.15) is 0 Å². The zero-order valence-corrected chi connectivity index (χ0v) is 14.7. The number of anilines is 1. The summed E-state index contributed by atoms with van der Waals surface area (Å²) in [7, 11) is 0. The number of carbonyl (C=O) groups is 1. The standard InChI is InChI=1S/C19H19N7O/c27-19(25-18-12-21-7-9-23-18)16-4-1-3-15(24-16)17-5-2-10-26(17)13-14-11-20-6-8-22-14/h1,3-4,6-9,11-12,17H,2,5,10,13H2,(H,23,25,27). The molecule has 1 unspecified atom stereocenters. The largest absolute Gasteiger partial charge is 0.304 e. The molecule has 27 heavy (non-hydrogen) atoms. The Morgan fingerprint density at radius 3 is 2.74 bits per heavy atom. The number of carbonyl (C=O) groups excluding carboxylic acids is 1. The molecule has 0 aliphatic carbocycles. The van der Waals surface area contributed by atoms with E-state index in [1.165, 1.54) is 12.4 Å². The summed E-state index contributed by atoms with van der Waals surface area (Å²) in [5.74, 6) is 0.107. The topological polar surface area (TPSA) is 96.8 Å². The molecular weight excluding hydrogens is 342 g/mol. The van der Waals surface area contributed by atoms with Gasteiger partial charge in [-0.25, -0.2) is 9.97 Å². The number of nitrogens with one attached hydrogen (secondary N) is 1. The molecule has 0 saturated carbocycles. The Balaban J connectivity index is 1.50. The molecule has 1 N–H and O–H groups in total. The fourth-order valence-corrected chi connectivity index (χ4v) is 3.28. The molecule has 1 fully saturated rings. The van der Waals surface area contributed by atoms with Crippen LogP contribution in [0.4, 0.5) is 5.82 Å². The van der Waals surface area contributed by atoms with E-state index in [1.54, 1.807) is 30.9 Å². The second-order valence-electron chi connectivity index (χ2n) is 6.32. The molecule has 4 heterocycles. The molecule has 0 spiro atoms. The lowest BCUT2D eigenvalue weighted by Gasteiger charge is -2.23. The smallest absolute Gasteiger partial charge is 0.275 e. The predicted molar refractivity (Wildman–Crippen MR) is 98.6 cm³/mol. The minimum atomic E-state index is -0.296. The second-order valence-corrected chi connectivity index (χ2v) is 6.32. The van der Waals surface area contributed by atoms with Gasteiger partial charge in [0.1, 0.15) is 5.69 Å². The zero-order valence-electron chi connectivity index (χ0n) is 14.7. The molecule has 3 aromatic rings. The van der Waals surface area contributed by atoms with Gasteiger partial charge in [0.05, 0.1) is 23.6 Å². The highest BCUT2D eigenvalue weighted by Crippen LogP contribution is 2.31. The van der Waals surface area contributed by atoms with Crippen LogP contribution in [0.2, 0.25) is 0 Å². The summed E-state index contributed by atoms with van der Waals surface area (Å²) in [6.45, 7) is 1.69. The third-order valence-electron chi connectivity index (χ3n) is 4.49. The highest BCUT2D eigenvalue weighted by molar-refractivity contribution is 6.02. The number of rotatable bonds is 5. The van der Waals surface area contributed by atoms with Crippen molar-refractivity contribution in [3.05, 3.63) is 72.5 Å². The molecule has 0 bridgehead atoms. The van der Waals surface area contributed by atoms with E-state index >= 15 is 0 Å². The molecule has 1 saturated heterocycles. The van der Waals surface area contributed by atoms with Crippen LogP contribution in [0, 0.1) is 0 Å². The van der Waals surface area contributed by atoms with E-state index in [-0.39, 0.29) is 11.9 Å². The van der Waals surface area contributed by atoms with Crippen molar-refractivity contribution in [1.82, 2.24) is 29.8 Å². The Hall–Kier alpha value is -3.26. The Morgan fingerprint density at radius 1 is 1.11 bits per heavy atom. The van der Waals surface area contributed by atoms with Gasteiger partial charge in [-0.15, -0.1) is 0 Å². The van der Waals surface area contributed by atoms with Gasteiger partial charge in [0.25, 0.3) is 5.91 Å². The number of pyridine rings is 1. The van der Waals surface area contributed by atoms with Crippen molar-refractivity contribution in [2.24, 2.45) is 0 Å². The summed E-state index contributed by atoms with van der Waals surface area (Å²) in [6, 6.07) is 5.71. The molecule has 8 heteroatoms. The number of hydrogen-bond acceptors (Lipinski definition) is 7. The van der Waals surface area contributed by atoms with Crippen LogP contribution in [0.1, 0.15) is 40.8 Å². The molecule has 3 aromatic heterocycles. The van der Waals surface area contributed by atoms with Gasteiger partial charge in [-0.3, -0.25) is 24.6 Å². The van der Waals surface area contributed by atoms with Gasteiger partial charge >= 0.3 is 0 Å². The van der Waals surface area contributed by atoms with Crippen LogP contribution in [0.3, 0.4) is 0 Å². The van der Waals surface area contributed by atoms with Gasteiger partial charge in [0.15, 0.2) is 5.82 Å². The fraction of sp³-hybridized carbons (Fsp3) is 0.263. The minimum Gasteiger partial charge on any atom is -0.304 e. The second kappa shape index (κ2) is 7.96. The number of aromatic nitrogens is 5. The van der Waals surface area contributed by atoms with Gasteiger partial charge < -0.3 is 5.32 Å². The minimum absolute atomic E-state index is 0.163. The number of amides is 1. The fourth-order valence-electron chi connectivity index (χ4n) is 3.28. The van der Waals surface area contributed by atoms with E-state index < -0.39 is 0 Å². The maximum Gasteiger partial charge on any atom is 0.275 e. The van der Waals surface area contributed by atoms with E-state index in [0.29, 0.717) is 11.5 Å². The average molecular weight is 361 g/mol. The lowest BCUT2D eigenvalue weighted by molar-refractivity contribution is 0.102. The summed E-state index contributed by atoms with van der Waals surface area (Å²) in [6.07, 6.45) is 11.8. The summed E-state index contributed by atoms with van der Waals surface area (Å²) >= 11 is 0. The SMILES string of the molecule is O=C(Nc1cnccn1)c1cccc(C2CCCN2Cc2cnccn2)n1. The van der Waals surface area contributed by atoms with Gasteiger partial charge in [-0.1, -0.05) is 6.07 Å². The first-order valence-electron chi connectivity index (χ1n) is 8.83. The molecule has 1 atom stereocenters. The molecule has 1 aliphatic rings. The average Bonchev–Trinajstić information content (AvgIpc) is 3.18. The third kappa shape index (κ3) is 4.12. The van der Waals surface area contributed by atoms with Crippen molar-refractivity contribution in [3.8, 4) is 0 Å². The maximum absolute atomic E-state index is 12.5. The molecule has 136 valence electrons. The highest BCUT2D eigenvalue weighted by atomic mass is 16.1. The molecule has 8 nitrogen and oxygen atoms in total.